The number of hydrogen-bond acceptors (Lipinski definition) is 1. The first kappa shape index (κ1) is 18.3. The van der Waals surface area contributed by atoms with Crippen molar-refractivity contribution in [3.63, 3.8) is 0 Å². The minimum atomic E-state index is -1.14. The van der Waals surface area contributed by atoms with E-state index in [2.05, 4.69) is 19.1 Å². The fraction of sp³-hybridized carbons (Fsp3) is 0.136. The first-order chi connectivity index (χ1) is 12.5. The molecule has 0 N–H and O–H groups in total. The molecule has 3 aromatic carbocycles. The van der Waals surface area contributed by atoms with Gasteiger partial charge in [0.05, 0.1) is 0 Å². The minimum Gasteiger partial charge on any atom is -0.275 e. The molecule has 0 unspecified atom stereocenters. The molecule has 0 heterocycles. The van der Waals surface area contributed by atoms with Gasteiger partial charge in [-0.25, -0.2) is 8.78 Å². The Bertz CT molecular complexity index is 898. The second-order valence-electron chi connectivity index (χ2n) is 6.30. The zero-order valence-electron chi connectivity index (χ0n) is 14.2. The van der Waals surface area contributed by atoms with Crippen LogP contribution in [0.25, 0.3) is 11.1 Å². The Labute approximate surface area is 156 Å². The number of rotatable bonds is 5. The minimum absolute atomic E-state index is 0.365. The third-order valence-electron chi connectivity index (χ3n) is 4.44. The van der Waals surface area contributed by atoms with Crippen molar-refractivity contribution >= 4 is 16.8 Å². The van der Waals surface area contributed by atoms with Crippen LogP contribution in [0.4, 0.5) is 8.78 Å². The van der Waals surface area contributed by atoms with Crippen LogP contribution in [0.15, 0.2) is 66.7 Å². The first-order valence-corrected chi connectivity index (χ1v) is 8.66. The van der Waals surface area contributed by atoms with Gasteiger partial charge in [0.25, 0.3) is 5.24 Å². The highest BCUT2D eigenvalue weighted by atomic mass is 35.5. The van der Waals surface area contributed by atoms with E-state index in [1.54, 1.807) is 0 Å². The fourth-order valence-electron chi connectivity index (χ4n) is 3.01. The number of hydrogen-bond donors (Lipinski definition) is 0. The summed E-state index contributed by atoms with van der Waals surface area (Å²) in [6, 6.07) is 20.0. The summed E-state index contributed by atoms with van der Waals surface area (Å²) < 4.78 is 27.9. The Balaban J connectivity index is 1.81. The molecule has 0 amide bonds. The zero-order chi connectivity index (χ0) is 18.7. The van der Waals surface area contributed by atoms with E-state index in [1.807, 2.05) is 42.5 Å². The molecular weight excluding hydrogens is 354 g/mol. The summed E-state index contributed by atoms with van der Waals surface area (Å²) in [5.41, 5.74) is 2.72. The average Bonchev–Trinajstić information content (AvgIpc) is 2.62. The average molecular weight is 371 g/mol. The predicted octanol–water partition coefficient (Wildman–Crippen LogP) is 6.36. The molecule has 0 saturated heterocycles. The quantitative estimate of drug-likeness (QED) is 0.478. The van der Waals surface area contributed by atoms with Gasteiger partial charge in [-0.15, -0.1) is 0 Å². The summed E-state index contributed by atoms with van der Waals surface area (Å²) in [7, 11) is 0. The summed E-state index contributed by atoms with van der Waals surface area (Å²) in [4.78, 5) is 11.1. The highest BCUT2D eigenvalue weighted by Crippen LogP contribution is 2.27. The van der Waals surface area contributed by atoms with Crippen molar-refractivity contribution in [3.8, 4) is 11.1 Å². The van der Waals surface area contributed by atoms with Crippen LogP contribution in [0.3, 0.4) is 0 Å². The summed E-state index contributed by atoms with van der Waals surface area (Å²) in [6.45, 7) is 2.16. The van der Waals surface area contributed by atoms with Crippen LogP contribution in [0.1, 0.15) is 34.3 Å². The topological polar surface area (TPSA) is 17.1 Å². The molecule has 3 aromatic rings. The van der Waals surface area contributed by atoms with E-state index in [1.165, 1.54) is 5.56 Å². The summed E-state index contributed by atoms with van der Waals surface area (Å²) in [6.07, 6.45) is 0.868. The van der Waals surface area contributed by atoms with Crippen molar-refractivity contribution in [3.05, 3.63) is 95.1 Å². The van der Waals surface area contributed by atoms with E-state index in [-0.39, 0.29) is 0 Å². The second kappa shape index (κ2) is 7.79. The van der Waals surface area contributed by atoms with Gasteiger partial charge in [0.2, 0.25) is 0 Å². The Morgan fingerprint density at radius 1 is 0.923 bits per heavy atom. The molecule has 0 saturated carbocycles. The monoisotopic (exact) mass is 370 g/mol. The molecule has 0 radical (unpaired) electrons. The first-order valence-electron chi connectivity index (χ1n) is 8.29. The molecule has 0 aliphatic heterocycles. The predicted molar refractivity (Wildman–Crippen MR) is 101 cm³/mol. The maximum atomic E-state index is 13.9. The van der Waals surface area contributed by atoms with Crippen LogP contribution >= 0.6 is 11.6 Å². The van der Waals surface area contributed by atoms with Crippen LogP contribution in [0, 0.1) is 11.6 Å². The van der Waals surface area contributed by atoms with Gasteiger partial charge < -0.3 is 0 Å². The molecular formula is C22H17ClF2O. The molecule has 0 aromatic heterocycles. The number of carbonyl (C=O) groups is 1. The van der Waals surface area contributed by atoms with Gasteiger partial charge in [-0.1, -0.05) is 61.5 Å². The van der Waals surface area contributed by atoms with Crippen molar-refractivity contribution in [2.45, 2.75) is 19.3 Å². The second-order valence-corrected chi connectivity index (χ2v) is 6.64. The molecule has 0 aliphatic rings. The lowest BCUT2D eigenvalue weighted by Gasteiger charge is -2.12. The van der Waals surface area contributed by atoms with E-state index in [0.717, 1.165) is 24.1 Å². The Hall–Kier alpha value is -2.52. The standard InChI is InChI=1S/C22H17ClF2O/c1-14(16-5-3-2-4-6-16)11-15-7-9-17(10-8-15)18-12-19(24)21(22(23)26)20(25)13-18/h2-10,12-14H,11H2,1H3/t14-/m0/s1. The van der Waals surface area contributed by atoms with E-state index in [0.29, 0.717) is 17.0 Å². The third-order valence-corrected chi connectivity index (χ3v) is 4.63. The third kappa shape index (κ3) is 4.00. The van der Waals surface area contributed by atoms with Gasteiger partial charge in [-0.05, 0) is 58.3 Å². The summed E-state index contributed by atoms with van der Waals surface area (Å²) in [5, 5.41) is -1.14. The Kier molecular flexibility index (Phi) is 5.48. The van der Waals surface area contributed by atoms with E-state index >= 15 is 0 Å². The van der Waals surface area contributed by atoms with Crippen molar-refractivity contribution < 1.29 is 13.6 Å². The number of carbonyl (C=O) groups excluding carboxylic acids is 1. The molecule has 132 valence electrons. The van der Waals surface area contributed by atoms with Crippen LogP contribution < -0.4 is 0 Å². The molecule has 26 heavy (non-hydrogen) atoms. The summed E-state index contributed by atoms with van der Waals surface area (Å²) in [5.74, 6) is -1.55. The van der Waals surface area contributed by atoms with Crippen LogP contribution in [-0.4, -0.2) is 5.24 Å². The SMILES string of the molecule is C[C@@H](Cc1ccc(-c2cc(F)c(C(=O)Cl)c(F)c2)cc1)c1ccccc1. The van der Waals surface area contributed by atoms with Gasteiger partial charge in [-0.3, -0.25) is 4.79 Å². The highest BCUT2D eigenvalue weighted by molar-refractivity contribution is 6.67. The lowest BCUT2D eigenvalue weighted by molar-refractivity contribution is 0.107. The Morgan fingerprint density at radius 3 is 2.04 bits per heavy atom. The Morgan fingerprint density at radius 2 is 1.50 bits per heavy atom. The molecule has 1 atom stereocenters. The fourth-order valence-corrected chi connectivity index (χ4v) is 3.19. The zero-order valence-corrected chi connectivity index (χ0v) is 14.9. The molecule has 0 fully saturated rings. The van der Waals surface area contributed by atoms with Crippen molar-refractivity contribution in [1.82, 2.24) is 0 Å². The van der Waals surface area contributed by atoms with Crippen LogP contribution in [0.5, 0.6) is 0 Å². The molecule has 0 aliphatic carbocycles. The van der Waals surface area contributed by atoms with Gasteiger partial charge in [0, 0.05) is 0 Å². The number of benzene rings is 3. The van der Waals surface area contributed by atoms with Gasteiger partial charge >= 0.3 is 0 Å². The normalized spacial score (nSPS) is 12.0. The van der Waals surface area contributed by atoms with Crippen LogP contribution in [-0.2, 0) is 6.42 Å². The van der Waals surface area contributed by atoms with Gasteiger partial charge in [-0.2, -0.15) is 0 Å². The molecule has 0 bridgehead atoms. The van der Waals surface area contributed by atoms with Crippen molar-refractivity contribution in [1.29, 1.82) is 0 Å². The molecule has 1 nitrogen and oxygen atoms in total. The van der Waals surface area contributed by atoms with Gasteiger partial charge in [0.15, 0.2) is 0 Å². The lowest BCUT2D eigenvalue weighted by Crippen LogP contribution is -2.00. The van der Waals surface area contributed by atoms with Gasteiger partial charge in [0.1, 0.15) is 17.2 Å². The maximum absolute atomic E-state index is 13.9. The lowest BCUT2D eigenvalue weighted by atomic mass is 9.93. The maximum Gasteiger partial charge on any atom is 0.258 e. The molecule has 4 heteroatoms. The summed E-state index contributed by atoms with van der Waals surface area (Å²) >= 11 is 5.21. The smallest absolute Gasteiger partial charge is 0.258 e. The van der Waals surface area contributed by atoms with Crippen molar-refractivity contribution in [2.75, 3.05) is 0 Å². The highest BCUT2D eigenvalue weighted by Gasteiger charge is 2.17. The van der Waals surface area contributed by atoms with Crippen molar-refractivity contribution in [2.24, 2.45) is 0 Å². The van der Waals surface area contributed by atoms with Crippen LogP contribution in [0.2, 0.25) is 0 Å². The largest absolute Gasteiger partial charge is 0.275 e. The number of halogens is 3. The van der Waals surface area contributed by atoms with E-state index in [9.17, 15) is 13.6 Å². The molecule has 0 spiro atoms. The van der Waals surface area contributed by atoms with E-state index in [4.69, 9.17) is 11.6 Å². The molecule has 3 rings (SSSR count). The van der Waals surface area contributed by atoms with E-state index < -0.39 is 22.4 Å².